The van der Waals surface area contributed by atoms with Crippen molar-refractivity contribution >= 4 is 11.9 Å². The van der Waals surface area contributed by atoms with E-state index in [0.717, 1.165) is 12.8 Å². The summed E-state index contributed by atoms with van der Waals surface area (Å²) in [5.41, 5.74) is 5.56. The average molecular weight is 228 g/mol. The van der Waals surface area contributed by atoms with Crippen molar-refractivity contribution in [2.45, 2.75) is 45.2 Å². The molecule has 0 aromatic heterocycles. The van der Waals surface area contributed by atoms with Gasteiger partial charge in [-0.25, -0.2) is 4.79 Å². The number of carbonyl (C=O) groups excluding carboxylic acids is 1. The number of likely N-dealkylation sites (tertiary alicyclic amines) is 1. The summed E-state index contributed by atoms with van der Waals surface area (Å²) >= 11 is 0. The molecule has 0 aliphatic carbocycles. The Morgan fingerprint density at radius 3 is 2.69 bits per heavy atom. The number of amides is 1. The fourth-order valence-electron chi connectivity index (χ4n) is 2.24. The van der Waals surface area contributed by atoms with Crippen molar-refractivity contribution in [2.75, 3.05) is 6.54 Å². The van der Waals surface area contributed by atoms with Crippen LogP contribution in [0.5, 0.6) is 0 Å². The second-order valence-corrected chi connectivity index (χ2v) is 4.67. The third kappa shape index (κ3) is 2.95. The lowest BCUT2D eigenvalue weighted by Crippen LogP contribution is -2.52. The maximum Gasteiger partial charge on any atom is 0.326 e. The molecule has 3 unspecified atom stereocenters. The Hall–Kier alpha value is -1.10. The molecule has 5 heteroatoms. The third-order valence-electron chi connectivity index (χ3n) is 3.00. The van der Waals surface area contributed by atoms with E-state index in [9.17, 15) is 9.59 Å². The van der Waals surface area contributed by atoms with E-state index in [1.165, 1.54) is 4.90 Å². The molecule has 1 aliphatic rings. The van der Waals surface area contributed by atoms with Crippen molar-refractivity contribution in [3.8, 4) is 0 Å². The van der Waals surface area contributed by atoms with Crippen molar-refractivity contribution in [1.82, 2.24) is 4.90 Å². The summed E-state index contributed by atoms with van der Waals surface area (Å²) in [6.45, 7) is 4.16. The number of rotatable bonds is 3. The third-order valence-corrected chi connectivity index (χ3v) is 3.00. The number of nitrogens with zero attached hydrogens (tertiary/aromatic N) is 1. The van der Waals surface area contributed by atoms with Gasteiger partial charge in [-0.15, -0.1) is 0 Å². The number of piperidine rings is 1. The molecule has 92 valence electrons. The molecule has 1 saturated heterocycles. The van der Waals surface area contributed by atoms with Crippen molar-refractivity contribution in [3.63, 3.8) is 0 Å². The molecular weight excluding hydrogens is 208 g/mol. The fraction of sp³-hybridized carbons (Fsp3) is 0.818. The molecule has 1 aliphatic heterocycles. The number of hydrogen-bond donors (Lipinski definition) is 2. The molecule has 1 heterocycles. The number of aliphatic carboxylic acids is 1. The summed E-state index contributed by atoms with van der Waals surface area (Å²) in [5.74, 6) is -1.04. The summed E-state index contributed by atoms with van der Waals surface area (Å²) in [6, 6.07) is -0.904. The summed E-state index contributed by atoms with van der Waals surface area (Å²) in [4.78, 5) is 24.5. The number of hydrogen-bond acceptors (Lipinski definition) is 3. The number of carbonyl (C=O) groups is 2. The van der Waals surface area contributed by atoms with Gasteiger partial charge in [-0.05, 0) is 25.7 Å². The highest BCUT2D eigenvalue weighted by molar-refractivity contribution is 5.84. The minimum Gasteiger partial charge on any atom is -0.480 e. The van der Waals surface area contributed by atoms with Crippen molar-refractivity contribution in [2.24, 2.45) is 11.7 Å². The van der Waals surface area contributed by atoms with Gasteiger partial charge in [0.2, 0.25) is 5.91 Å². The first kappa shape index (κ1) is 13.0. The summed E-state index contributed by atoms with van der Waals surface area (Å²) in [6.07, 6.45) is 1.95. The van der Waals surface area contributed by atoms with E-state index in [1.54, 1.807) is 6.92 Å². The Labute approximate surface area is 95.6 Å². The molecule has 0 radical (unpaired) electrons. The number of carboxylic acids is 1. The smallest absolute Gasteiger partial charge is 0.326 e. The van der Waals surface area contributed by atoms with Crippen LogP contribution in [0, 0.1) is 5.92 Å². The largest absolute Gasteiger partial charge is 0.480 e. The van der Waals surface area contributed by atoms with Crippen LogP contribution in [-0.4, -0.2) is 40.5 Å². The zero-order valence-corrected chi connectivity index (χ0v) is 9.85. The van der Waals surface area contributed by atoms with Crippen LogP contribution in [0.3, 0.4) is 0 Å². The predicted octanol–water partition coefficient (Wildman–Crippen LogP) is 0.435. The molecule has 0 saturated carbocycles. The molecule has 1 amide bonds. The van der Waals surface area contributed by atoms with Crippen molar-refractivity contribution in [3.05, 3.63) is 0 Å². The zero-order valence-electron chi connectivity index (χ0n) is 9.85. The zero-order chi connectivity index (χ0) is 12.3. The van der Waals surface area contributed by atoms with Crippen LogP contribution in [0.25, 0.3) is 0 Å². The van der Waals surface area contributed by atoms with Gasteiger partial charge in [0, 0.05) is 19.0 Å². The van der Waals surface area contributed by atoms with Crippen LogP contribution in [0.2, 0.25) is 0 Å². The molecule has 16 heavy (non-hydrogen) atoms. The minimum absolute atomic E-state index is 0.0169. The molecular formula is C11H20N2O3. The summed E-state index contributed by atoms with van der Waals surface area (Å²) in [7, 11) is 0. The maximum absolute atomic E-state index is 11.9. The van der Waals surface area contributed by atoms with Crippen LogP contribution in [0.4, 0.5) is 0 Å². The number of nitrogens with two attached hydrogens (primary N) is 1. The van der Waals surface area contributed by atoms with Gasteiger partial charge >= 0.3 is 5.97 Å². The van der Waals surface area contributed by atoms with Gasteiger partial charge in [0.25, 0.3) is 0 Å². The van der Waals surface area contributed by atoms with E-state index in [1.807, 2.05) is 6.92 Å². The molecule has 0 spiro atoms. The maximum atomic E-state index is 11.9. The second kappa shape index (κ2) is 5.30. The lowest BCUT2D eigenvalue weighted by molar-refractivity contribution is -0.154. The van der Waals surface area contributed by atoms with Gasteiger partial charge in [0.1, 0.15) is 6.04 Å². The normalized spacial score (nSPS) is 27.6. The van der Waals surface area contributed by atoms with Crippen LogP contribution in [0.15, 0.2) is 0 Å². The van der Waals surface area contributed by atoms with Gasteiger partial charge in [-0.3, -0.25) is 4.79 Å². The number of carboxylic acid groups (broad SMARTS) is 1. The quantitative estimate of drug-likeness (QED) is 0.734. The van der Waals surface area contributed by atoms with Crippen molar-refractivity contribution in [1.29, 1.82) is 0 Å². The van der Waals surface area contributed by atoms with Gasteiger partial charge in [0.05, 0.1) is 0 Å². The molecule has 0 aromatic carbocycles. The molecule has 5 nitrogen and oxygen atoms in total. The molecule has 0 aromatic rings. The topological polar surface area (TPSA) is 83.6 Å². The summed E-state index contributed by atoms with van der Waals surface area (Å²) < 4.78 is 0. The van der Waals surface area contributed by atoms with E-state index in [2.05, 4.69) is 0 Å². The van der Waals surface area contributed by atoms with Crippen LogP contribution < -0.4 is 5.73 Å². The van der Waals surface area contributed by atoms with E-state index < -0.39 is 12.0 Å². The Morgan fingerprint density at radius 2 is 2.19 bits per heavy atom. The molecule has 3 atom stereocenters. The standard InChI is InChI=1S/C11H20N2O3/c1-7-4-3-5-13(10(7)11(15)16)9(14)6-8(2)12/h7-8,10H,3-6,12H2,1-2H3,(H,15,16). The van der Waals surface area contributed by atoms with Crippen molar-refractivity contribution < 1.29 is 14.7 Å². The van der Waals surface area contributed by atoms with E-state index in [4.69, 9.17) is 10.8 Å². The Bertz CT molecular complexity index is 278. The van der Waals surface area contributed by atoms with Crippen LogP contribution in [-0.2, 0) is 9.59 Å². The fourth-order valence-corrected chi connectivity index (χ4v) is 2.24. The SMILES string of the molecule is CC(N)CC(=O)N1CCCC(C)C1C(=O)O. The van der Waals surface area contributed by atoms with Gasteiger partial charge in [-0.1, -0.05) is 6.92 Å². The average Bonchev–Trinajstić information content (AvgIpc) is 2.15. The predicted molar refractivity (Wildman–Crippen MR) is 59.8 cm³/mol. The Kier molecular flexibility index (Phi) is 4.29. The lowest BCUT2D eigenvalue weighted by atomic mass is 9.90. The molecule has 1 fully saturated rings. The van der Waals surface area contributed by atoms with Gasteiger partial charge < -0.3 is 15.7 Å². The van der Waals surface area contributed by atoms with Gasteiger partial charge in [0.15, 0.2) is 0 Å². The van der Waals surface area contributed by atoms with Gasteiger partial charge in [-0.2, -0.15) is 0 Å². The molecule has 1 rings (SSSR count). The van der Waals surface area contributed by atoms with Crippen LogP contribution in [0.1, 0.15) is 33.1 Å². The first-order chi connectivity index (χ1) is 7.43. The monoisotopic (exact) mass is 228 g/mol. The van der Waals surface area contributed by atoms with E-state index in [-0.39, 0.29) is 24.3 Å². The molecule has 0 bridgehead atoms. The summed E-state index contributed by atoms with van der Waals surface area (Å²) in [5, 5.41) is 9.14. The van der Waals surface area contributed by atoms with Crippen LogP contribution >= 0.6 is 0 Å². The molecule has 3 N–H and O–H groups in total. The van der Waals surface area contributed by atoms with E-state index >= 15 is 0 Å². The lowest BCUT2D eigenvalue weighted by Gasteiger charge is -2.37. The Balaban J connectivity index is 2.75. The first-order valence-corrected chi connectivity index (χ1v) is 5.71. The first-order valence-electron chi connectivity index (χ1n) is 5.71. The highest BCUT2D eigenvalue weighted by Gasteiger charge is 2.36. The Morgan fingerprint density at radius 1 is 1.56 bits per heavy atom. The minimum atomic E-state index is -0.912. The van der Waals surface area contributed by atoms with E-state index in [0.29, 0.717) is 6.54 Å². The second-order valence-electron chi connectivity index (χ2n) is 4.67. The highest BCUT2D eigenvalue weighted by atomic mass is 16.4. The highest BCUT2D eigenvalue weighted by Crippen LogP contribution is 2.24.